The average molecular weight is 311 g/mol. The number of carbonyl (C=O) groups excluding carboxylic acids is 1. The predicted molar refractivity (Wildman–Crippen MR) is 83.6 cm³/mol. The van der Waals surface area contributed by atoms with E-state index in [2.05, 4.69) is 5.32 Å². The Morgan fingerprint density at radius 2 is 2.15 bits per heavy atom. The first-order valence-corrected chi connectivity index (χ1v) is 7.20. The van der Waals surface area contributed by atoms with Crippen LogP contribution in [0.4, 0.5) is 11.4 Å². The van der Waals surface area contributed by atoms with Crippen LogP contribution in [0.1, 0.15) is 28.2 Å². The van der Waals surface area contributed by atoms with Gasteiger partial charge in [-0.05, 0) is 37.3 Å². The number of thiophene rings is 1. The van der Waals surface area contributed by atoms with Crippen LogP contribution < -0.4 is 11.1 Å². The topological polar surface area (TPSA) is 64.3 Å². The van der Waals surface area contributed by atoms with Crippen molar-refractivity contribution >= 4 is 40.3 Å². The standard InChI is InChI=1S/C14H15ClN2O2S/c1-8(12-5-6-13(15)20-12)17-9-3-4-11(16)10(7-9)14(18)19-2/h3-8,17H,16H2,1-2H3. The summed E-state index contributed by atoms with van der Waals surface area (Å²) in [7, 11) is 1.33. The maximum Gasteiger partial charge on any atom is 0.340 e. The summed E-state index contributed by atoms with van der Waals surface area (Å²) >= 11 is 7.45. The molecule has 6 heteroatoms. The van der Waals surface area contributed by atoms with E-state index in [0.29, 0.717) is 11.3 Å². The van der Waals surface area contributed by atoms with Crippen molar-refractivity contribution in [2.45, 2.75) is 13.0 Å². The highest BCUT2D eigenvalue weighted by molar-refractivity contribution is 7.16. The number of nitrogens with two attached hydrogens (primary N) is 1. The number of esters is 1. The Balaban J connectivity index is 2.19. The fourth-order valence-corrected chi connectivity index (χ4v) is 2.88. The molecule has 1 aromatic heterocycles. The van der Waals surface area contributed by atoms with Crippen LogP contribution in [0.25, 0.3) is 0 Å². The van der Waals surface area contributed by atoms with E-state index < -0.39 is 5.97 Å². The summed E-state index contributed by atoms with van der Waals surface area (Å²) in [5, 5.41) is 3.31. The van der Waals surface area contributed by atoms with Gasteiger partial charge in [-0.2, -0.15) is 0 Å². The molecular weight excluding hydrogens is 296 g/mol. The molecule has 1 unspecified atom stereocenters. The summed E-state index contributed by atoms with van der Waals surface area (Å²) in [5.74, 6) is -0.446. The van der Waals surface area contributed by atoms with E-state index in [0.717, 1.165) is 14.9 Å². The van der Waals surface area contributed by atoms with E-state index in [9.17, 15) is 4.79 Å². The number of methoxy groups -OCH3 is 1. The van der Waals surface area contributed by atoms with Gasteiger partial charge in [0, 0.05) is 16.3 Å². The van der Waals surface area contributed by atoms with Gasteiger partial charge in [0.25, 0.3) is 0 Å². The molecule has 4 nitrogen and oxygen atoms in total. The summed E-state index contributed by atoms with van der Waals surface area (Å²) in [6.07, 6.45) is 0. The van der Waals surface area contributed by atoms with Gasteiger partial charge < -0.3 is 15.8 Å². The summed E-state index contributed by atoms with van der Waals surface area (Å²) in [4.78, 5) is 12.7. The quantitative estimate of drug-likeness (QED) is 0.663. The fraction of sp³-hybridized carbons (Fsp3) is 0.214. The maximum atomic E-state index is 11.6. The van der Waals surface area contributed by atoms with Crippen molar-refractivity contribution in [1.82, 2.24) is 0 Å². The molecule has 1 aromatic carbocycles. The van der Waals surface area contributed by atoms with Crippen LogP contribution in [-0.4, -0.2) is 13.1 Å². The minimum Gasteiger partial charge on any atom is -0.465 e. The van der Waals surface area contributed by atoms with Gasteiger partial charge >= 0.3 is 5.97 Å². The molecular formula is C14H15ClN2O2S. The van der Waals surface area contributed by atoms with E-state index in [4.69, 9.17) is 22.1 Å². The number of ether oxygens (including phenoxy) is 1. The third-order valence-electron chi connectivity index (χ3n) is 2.86. The maximum absolute atomic E-state index is 11.6. The van der Waals surface area contributed by atoms with Crippen molar-refractivity contribution in [3.63, 3.8) is 0 Å². The molecule has 20 heavy (non-hydrogen) atoms. The highest BCUT2D eigenvalue weighted by Gasteiger charge is 2.13. The first kappa shape index (κ1) is 14.7. The van der Waals surface area contributed by atoms with Crippen LogP contribution in [0.15, 0.2) is 30.3 Å². The summed E-state index contributed by atoms with van der Waals surface area (Å²) < 4.78 is 5.45. The first-order chi connectivity index (χ1) is 9.51. The SMILES string of the molecule is COC(=O)c1cc(NC(C)c2ccc(Cl)s2)ccc1N. The van der Waals surface area contributed by atoms with Gasteiger partial charge in [-0.15, -0.1) is 11.3 Å². The van der Waals surface area contributed by atoms with Crippen LogP contribution >= 0.6 is 22.9 Å². The zero-order valence-corrected chi connectivity index (χ0v) is 12.7. The monoisotopic (exact) mass is 310 g/mol. The molecule has 106 valence electrons. The molecule has 2 rings (SSSR count). The summed E-state index contributed by atoms with van der Waals surface area (Å²) in [6, 6.07) is 9.12. The second kappa shape index (κ2) is 6.15. The van der Waals surface area contributed by atoms with Crippen LogP contribution in [0, 0.1) is 0 Å². The van der Waals surface area contributed by atoms with Crippen molar-refractivity contribution in [2.24, 2.45) is 0 Å². The lowest BCUT2D eigenvalue weighted by molar-refractivity contribution is 0.0602. The molecule has 2 aromatic rings. The Hall–Kier alpha value is -1.72. The number of nitrogen functional groups attached to an aromatic ring is 1. The lowest BCUT2D eigenvalue weighted by Crippen LogP contribution is -2.09. The minimum absolute atomic E-state index is 0.0848. The predicted octanol–water partition coefficient (Wildman–Crippen LogP) is 3.94. The highest BCUT2D eigenvalue weighted by atomic mass is 35.5. The zero-order valence-electron chi connectivity index (χ0n) is 11.1. The number of benzene rings is 1. The van der Waals surface area contributed by atoms with Crippen LogP contribution in [-0.2, 0) is 4.74 Å². The second-order valence-electron chi connectivity index (χ2n) is 4.30. The average Bonchev–Trinajstić information content (AvgIpc) is 2.87. The number of carbonyl (C=O) groups is 1. The van der Waals surface area contributed by atoms with Gasteiger partial charge in [0.15, 0.2) is 0 Å². The van der Waals surface area contributed by atoms with Crippen molar-refractivity contribution < 1.29 is 9.53 Å². The number of nitrogens with one attached hydrogen (secondary N) is 1. The van der Waals surface area contributed by atoms with Crippen molar-refractivity contribution in [1.29, 1.82) is 0 Å². The van der Waals surface area contributed by atoms with Gasteiger partial charge in [0.1, 0.15) is 0 Å². The molecule has 1 heterocycles. The number of hydrogen-bond acceptors (Lipinski definition) is 5. The van der Waals surface area contributed by atoms with E-state index in [-0.39, 0.29) is 6.04 Å². The Morgan fingerprint density at radius 1 is 1.40 bits per heavy atom. The Morgan fingerprint density at radius 3 is 2.75 bits per heavy atom. The third-order valence-corrected chi connectivity index (χ3v) is 4.28. The fourth-order valence-electron chi connectivity index (χ4n) is 1.81. The Labute approximate surface area is 126 Å². The summed E-state index contributed by atoms with van der Waals surface area (Å²) in [5.41, 5.74) is 7.32. The lowest BCUT2D eigenvalue weighted by atomic mass is 10.1. The number of anilines is 2. The van der Waals surface area contributed by atoms with Gasteiger partial charge in [-0.3, -0.25) is 0 Å². The van der Waals surface area contributed by atoms with E-state index >= 15 is 0 Å². The van der Waals surface area contributed by atoms with Gasteiger partial charge in [-0.25, -0.2) is 4.79 Å². The molecule has 0 aliphatic heterocycles. The van der Waals surface area contributed by atoms with Crippen molar-refractivity contribution in [3.8, 4) is 0 Å². The molecule has 0 spiro atoms. The molecule has 0 radical (unpaired) electrons. The van der Waals surface area contributed by atoms with Crippen LogP contribution in [0.5, 0.6) is 0 Å². The molecule has 0 amide bonds. The third kappa shape index (κ3) is 3.23. The van der Waals surface area contributed by atoms with Gasteiger partial charge in [0.2, 0.25) is 0 Å². The molecule has 0 bridgehead atoms. The minimum atomic E-state index is -0.446. The van der Waals surface area contributed by atoms with Crippen LogP contribution in [0.2, 0.25) is 4.34 Å². The van der Waals surface area contributed by atoms with Crippen molar-refractivity contribution in [2.75, 3.05) is 18.2 Å². The molecule has 1 atom stereocenters. The Bertz CT molecular complexity index is 627. The van der Waals surface area contributed by atoms with Crippen molar-refractivity contribution in [3.05, 3.63) is 45.1 Å². The van der Waals surface area contributed by atoms with E-state index in [1.54, 1.807) is 12.1 Å². The molecule has 0 saturated carbocycles. The molecule has 0 saturated heterocycles. The largest absolute Gasteiger partial charge is 0.465 e. The number of rotatable bonds is 4. The lowest BCUT2D eigenvalue weighted by Gasteiger charge is -2.15. The number of hydrogen-bond donors (Lipinski definition) is 2. The molecule has 0 aliphatic carbocycles. The van der Waals surface area contributed by atoms with Crippen LogP contribution in [0.3, 0.4) is 0 Å². The zero-order chi connectivity index (χ0) is 14.7. The van der Waals surface area contributed by atoms with E-state index in [1.807, 2.05) is 25.1 Å². The molecule has 0 fully saturated rings. The molecule has 0 aliphatic rings. The highest BCUT2D eigenvalue weighted by Crippen LogP contribution is 2.29. The number of halogens is 1. The first-order valence-electron chi connectivity index (χ1n) is 6.01. The van der Waals surface area contributed by atoms with Gasteiger partial charge in [0.05, 0.1) is 23.1 Å². The second-order valence-corrected chi connectivity index (χ2v) is 6.05. The Kier molecular flexibility index (Phi) is 4.52. The molecule has 3 N–H and O–H groups in total. The summed E-state index contributed by atoms with van der Waals surface area (Å²) in [6.45, 7) is 2.02. The van der Waals surface area contributed by atoms with E-state index in [1.165, 1.54) is 18.4 Å². The van der Waals surface area contributed by atoms with Gasteiger partial charge in [-0.1, -0.05) is 11.6 Å². The normalized spacial score (nSPS) is 11.9. The smallest absolute Gasteiger partial charge is 0.340 e.